The van der Waals surface area contributed by atoms with Gasteiger partial charge in [-0.15, -0.1) is 11.3 Å². The van der Waals surface area contributed by atoms with Crippen LogP contribution in [0.5, 0.6) is 0 Å². The Bertz CT molecular complexity index is 422. The quantitative estimate of drug-likeness (QED) is 0.875. The van der Waals surface area contributed by atoms with Crippen LogP contribution in [0.1, 0.15) is 61.6 Å². The first-order valence-corrected chi connectivity index (χ1v) is 9.07. The molecule has 2 fully saturated rings. The highest BCUT2D eigenvalue weighted by atomic mass is 32.1. The standard InChI is InChI=1S/C17H27NOS/c1-2-15-6-7-16(20-15)13-18-12-14-8-11-17(19-14)9-4-3-5-10-17/h6-7,14,18H,2-5,8-13H2,1H3. The van der Waals surface area contributed by atoms with Gasteiger partial charge in [0.25, 0.3) is 0 Å². The topological polar surface area (TPSA) is 21.3 Å². The summed E-state index contributed by atoms with van der Waals surface area (Å²) in [6.07, 6.45) is 10.9. The van der Waals surface area contributed by atoms with Crippen molar-refractivity contribution in [3.8, 4) is 0 Å². The van der Waals surface area contributed by atoms with Gasteiger partial charge in [0.05, 0.1) is 11.7 Å². The van der Waals surface area contributed by atoms with Crippen LogP contribution in [-0.2, 0) is 17.7 Å². The van der Waals surface area contributed by atoms with Crippen LogP contribution in [-0.4, -0.2) is 18.2 Å². The zero-order valence-electron chi connectivity index (χ0n) is 12.6. The van der Waals surface area contributed by atoms with E-state index in [1.807, 2.05) is 11.3 Å². The van der Waals surface area contributed by atoms with Crippen molar-refractivity contribution in [3.63, 3.8) is 0 Å². The SMILES string of the molecule is CCc1ccc(CNCC2CCC3(CCCCC3)O2)s1. The zero-order valence-corrected chi connectivity index (χ0v) is 13.4. The minimum Gasteiger partial charge on any atom is -0.370 e. The molecule has 1 aromatic rings. The Morgan fingerprint density at radius 2 is 2.00 bits per heavy atom. The Hall–Kier alpha value is -0.380. The molecule has 0 aromatic carbocycles. The minimum atomic E-state index is 0.267. The van der Waals surface area contributed by atoms with Gasteiger partial charge in [-0.1, -0.05) is 26.2 Å². The van der Waals surface area contributed by atoms with Crippen LogP contribution in [0.2, 0.25) is 0 Å². The lowest BCUT2D eigenvalue weighted by atomic mass is 9.83. The van der Waals surface area contributed by atoms with Crippen molar-refractivity contribution in [3.05, 3.63) is 21.9 Å². The molecule has 0 bridgehead atoms. The van der Waals surface area contributed by atoms with E-state index in [0.717, 1.165) is 19.5 Å². The molecule has 3 rings (SSSR count). The zero-order chi connectivity index (χ0) is 13.8. The van der Waals surface area contributed by atoms with Crippen molar-refractivity contribution in [1.82, 2.24) is 5.32 Å². The maximum Gasteiger partial charge on any atom is 0.0708 e. The molecule has 1 aliphatic heterocycles. The molecule has 0 radical (unpaired) electrons. The van der Waals surface area contributed by atoms with Crippen LogP contribution in [0.3, 0.4) is 0 Å². The van der Waals surface area contributed by atoms with E-state index in [1.165, 1.54) is 54.7 Å². The molecule has 0 amide bonds. The minimum absolute atomic E-state index is 0.267. The van der Waals surface area contributed by atoms with Crippen molar-refractivity contribution in [1.29, 1.82) is 0 Å². The van der Waals surface area contributed by atoms with Gasteiger partial charge in [0, 0.05) is 22.8 Å². The summed E-state index contributed by atoms with van der Waals surface area (Å²) in [5, 5.41) is 3.59. The first-order chi connectivity index (χ1) is 9.80. The van der Waals surface area contributed by atoms with Gasteiger partial charge >= 0.3 is 0 Å². The molecule has 1 aromatic heterocycles. The molecule has 1 spiro atoms. The monoisotopic (exact) mass is 293 g/mol. The molecular weight excluding hydrogens is 266 g/mol. The third-order valence-corrected chi connectivity index (χ3v) is 6.07. The average Bonchev–Trinajstić information content (AvgIpc) is 3.08. The number of ether oxygens (including phenoxy) is 1. The Balaban J connectivity index is 1.41. The van der Waals surface area contributed by atoms with Gasteiger partial charge in [-0.3, -0.25) is 0 Å². The molecule has 1 atom stereocenters. The summed E-state index contributed by atoms with van der Waals surface area (Å²) in [5.41, 5.74) is 0.267. The highest BCUT2D eigenvalue weighted by Crippen LogP contribution is 2.41. The molecule has 3 heteroatoms. The normalized spacial score (nSPS) is 25.4. The average molecular weight is 293 g/mol. The Kier molecular flexibility index (Phi) is 4.79. The molecule has 20 heavy (non-hydrogen) atoms. The first-order valence-electron chi connectivity index (χ1n) is 8.26. The molecule has 112 valence electrons. The fourth-order valence-corrected chi connectivity index (χ4v) is 4.59. The third kappa shape index (κ3) is 3.44. The van der Waals surface area contributed by atoms with Gasteiger partial charge in [-0.25, -0.2) is 0 Å². The summed E-state index contributed by atoms with van der Waals surface area (Å²) in [6, 6.07) is 4.51. The molecule has 1 saturated carbocycles. The van der Waals surface area contributed by atoms with Crippen LogP contribution in [0, 0.1) is 0 Å². The fraction of sp³-hybridized carbons (Fsp3) is 0.765. The Labute approximate surface area is 126 Å². The van der Waals surface area contributed by atoms with Gasteiger partial charge in [0.2, 0.25) is 0 Å². The number of aryl methyl sites for hydroxylation is 1. The van der Waals surface area contributed by atoms with Crippen molar-refractivity contribution in [2.24, 2.45) is 0 Å². The number of rotatable bonds is 5. The summed E-state index contributed by atoms with van der Waals surface area (Å²) in [4.78, 5) is 2.94. The van der Waals surface area contributed by atoms with E-state index in [1.54, 1.807) is 0 Å². The number of nitrogens with one attached hydrogen (secondary N) is 1. The molecule has 2 nitrogen and oxygen atoms in total. The third-order valence-electron chi connectivity index (χ3n) is 4.84. The van der Waals surface area contributed by atoms with Crippen LogP contribution in [0.25, 0.3) is 0 Å². The first kappa shape index (κ1) is 14.6. The highest BCUT2D eigenvalue weighted by Gasteiger charge is 2.40. The smallest absolute Gasteiger partial charge is 0.0708 e. The summed E-state index contributed by atoms with van der Waals surface area (Å²) in [5.74, 6) is 0. The summed E-state index contributed by atoms with van der Waals surface area (Å²) >= 11 is 1.93. The van der Waals surface area contributed by atoms with Crippen LogP contribution in [0.15, 0.2) is 12.1 Å². The van der Waals surface area contributed by atoms with Crippen molar-refractivity contribution in [2.45, 2.75) is 76.5 Å². The number of hydrogen-bond donors (Lipinski definition) is 1. The highest BCUT2D eigenvalue weighted by molar-refractivity contribution is 7.11. The lowest BCUT2D eigenvalue weighted by Gasteiger charge is -2.33. The van der Waals surface area contributed by atoms with E-state index in [9.17, 15) is 0 Å². The largest absolute Gasteiger partial charge is 0.370 e. The molecule has 1 N–H and O–H groups in total. The Morgan fingerprint density at radius 1 is 1.20 bits per heavy atom. The van der Waals surface area contributed by atoms with E-state index in [4.69, 9.17) is 4.74 Å². The van der Waals surface area contributed by atoms with Crippen molar-refractivity contribution < 1.29 is 4.74 Å². The molecular formula is C17H27NOS. The summed E-state index contributed by atoms with van der Waals surface area (Å²) in [7, 11) is 0. The number of hydrogen-bond acceptors (Lipinski definition) is 3. The van der Waals surface area contributed by atoms with Crippen LogP contribution < -0.4 is 5.32 Å². The van der Waals surface area contributed by atoms with E-state index in [0.29, 0.717) is 6.10 Å². The predicted octanol–water partition coefficient (Wildman–Crippen LogP) is 4.28. The molecule has 2 aliphatic rings. The molecule has 1 aliphatic carbocycles. The molecule has 2 heterocycles. The Morgan fingerprint density at radius 3 is 2.75 bits per heavy atom. The van der Waals surface area contributed by atoms with E-state index in [2.05, 4.69) is 24.4 Å². The summed E-state index contributed by atoms with van der Waals surface area (Å²) in [6.45, 7) is 4.23. The van der Waals surface area contributed by atoms with Gasteiger partial charge in [-0.2, -0.15) is 0 Å². The van der Waals surface area contributed by atoms with Crippen molar-refractivity contribution >= 4 is 11.3 Å². The molecule has 1 unspecified atom stereocenters. The summed E-state index contributed by atoms with van der Waals surface area (Å²) < 4.78 is 6.40. The van der Waals surface area contributed by atoms with Crippen LogP contribution >= 0.6 is 11.3 Å². The maximum atomic E-state index is 6.40. The van der Waals surface area contributed by atoms with E-state index in [-0.39, 0.29) is 5.60 Å². The second-order valence-electron chi connectivity index (χ2n) is 6.37. The lowest BCUT2D eigenvalue weighted by molar-refractivity contribution is -0.0624. The predicted molar refractivity (Wildman–Crippen MR) is 85.3 cm³/mol. The maximum absolute atomic E-state index is 6.40. The van der Waals surface area contributed by atoms with Gasteiger partial charge < -0.3 is 10.1 Å². The van der Waals surface area contributed by atoms with Crippen molar-refractivity contribution in [2.75, 3.05) is 6.54 Å². The second kappa shape index (κ2) is 6.59. The van der Waals surface area contributed by atoms with E-state index >= 15 is 0 Å². The second-order valence-corrected chi connectivity index (χ2v) is 7.63. The number of thiophene rings is 1. The molecule has 1 saturated heterocycles. The van der Waals surface area contributed by atoms with E-state index < -0.39 is 0 Å². The van der Waals surface area contributed by atoms with Gasteiger partial charge in [0.15, 0.2) is 0 Å². The van der Waals surface area contributed by atoms with Crippen LogP contribution in [0.4, 0.5) is 0 Å². The van der Waals surface area contributed by atoms with Gasteiger partial charge in [0.1, 0.15) is 0 Å². The fourth-order valence-electron chi connectivity index (χ4n) is 3.67. The van der Waals surface area contributed by atoms with Gasteiger partial charge in [-0.05, 0) is 44.2 Å². The lowest BCUT2D eigenvalue weighted by Crippen LogP contribution is -2.34.